The Morgan fingerprint density at radius 3 is 2.49 bits per heavy atom. The molecule has 3 unspecified atom stereocenters. The number of hydrogen-bond donors (Lipinski definition) is 1. The molecule has 3 aliphatic carbocycles. The van der Waals surface area contributed by atoms with Crippen LogP contribution >= 0.6 is 0 Å². The van der Waals surface area contributed by atoms with Gasteiger partial charge in [0, 0.05) is 11.8 Å². The van der Waals surface area contributed by atoms with Crippen LogP contribution in [0, 0.1) is 29.1 Å². The summed E-state index contributed by atoms with van der Waals surface area (Å²) in [5.74, 6) is 3.48. The molecule has 0 radical (unpaired) electrons. The van der Waals surface area contributed by atoms with Crippen molar-refractivity contribution >= 4 is 5.97 Å². The number of phenolic OH excluding ortho intramolecular Hbond substituents is 1. The van der Waals surface area contributed by atoms with E-state index in [1.807, 2.05) is 12.1 Å². The molecule has 0 spiro atoms. The molecule has 3 aliphatic rings. The molecule has 3 heteroatoms. The van der Waals surface area contributed by atoms with Crippen molar-refractivity contribution in [2.75, 3.05) is 0 Å². The molecule has 1 aromatic carbocycles. The van der Waals surface area contributed by atoms with E-state index in [2.05, 4.69) is 33.8 Å². The highest BCUT2D eigenvalue weighted by Gasteiger charge is 2.59. The molecule has 2 fully saturated rings. The number of benzene rings is 1. The third kappa shape index (κ3) is 5.59. The lowest BCUT2D eigenvalue weighted by Crippen LogP contribution is -2.50. The Morgan fingerprint density at radius 2 is 1.77 bits per heavy atom. The predicted molar refractivity (Wildman–Crippen MR) is 144 cm³/mol. The van der Waals surface area contributed by atoms with Gasteiger partial charge in [-0.3, -0.25) is 4.79 Å². The number of esters is 1. The van der Waals surface area contributed by atoms with Gasteiger partial charge in [-0.2, -0.15) is 0 Å². The normalized spacial score (nSPS) is 33.6. The van der Waals surface area contributed by atoms with Crippen LogP contribution in [0.4, 0.5) is 0 Å². The lowest BCUT2D eigenvalue weighted by atomic mass is 9.49. The molecular weight excluding hydrogens is 432 g/mol. The summed E-state index contributed by atoms with van der Waals surface area (Å²) in [4.78, 5) is 12.8. The van der Waals surface area contributed by atoms with Crippen LogP contribution in [-0.2, 0) is 16.0 Å². The molecule has 35 heavy (non-hydrogen) atoms. The fourth-order valence-corrected chi connectivity index (χ4v) is 8.47. The Kier molecular flexibility index (Phi) is 8.87. The third-order valence-corrected chi connectivity index (χ3v) is 10.1. The van der Waals surface area contributed by atoms with E-state index in [1.54, 1.807) is 0 Å². The summed E-state index contributed by atoms with van der Waals surface area (Å²) in [5.41, 5.74) is 2.93. The number of carbonyl (C=O) groups excluding carboxylic acids is 1. The SMILES string of the molecule is CCCCCCCCCCC(=O)O[C@H]1CCC2C3C(c4ccc(O)cc4C[C@H]3CC)[C@@H](C)C[C@@]21C. The van der Waals surface area contributed by atoms with Crippen LogP contribution in [0.5, 0.6) is 5.75 Å². The van der Waals surface area contributed by atoms with Crippen LogP contribution in [0.2, 0.25) is 0 Å². The first-order valence-electron chi connectivity index (χ1n) is 14.9. The molecule has 0 amide bonds. The fourth-order valence-electron chi connectivity index (χ4n) is 8.47. The summed E-state index contributed by atoms with van der Waals surface area (Å²) >= 11 is 0. The van der Waals surface area contributed by atoms with Gasteiger partial charge in [0.2, 0.25) is 0 Å². The largest absolute Gasteiger partial charge is 0.508 e. The van der Waals surface area contributed by atoms with Crippen LogP contribution in [0.15, 0.2) is 18.2 Å². The zero-order valence-electron chi connectivity index (χ0n) is 22.9. The van der Waals surface area contributed by atoms with Gasteiger partial charge in [0.25, 0.3) is 0 Å². The van der Waals surface area contributed by atoms with E-state index in [-0.39, 0.29) is 17.5 Å². The highest BCUT2D eigenvalue weighted by atomic mass is 16.5. The quantitative estimate of drug-likeness (QED) is 0.254. The smallest absolute Gasteiger partial charge is 0.306 e. The summed E-state index contributed by atoms with van der Waals surface area (Å²) in [7, 11) is 0. The third-order valence-electron chi connectivity index (χ3n) is 10.1. The van der Waals surface area contributed by atoms with Crippen LogP contribution < -0.4 is 0 Å². The molecule has 196 valence electrons. The van der Waals surface area contributed by atoms with E-state index in [0.717, 1.165) is 32.1 Å². The Morgan fingerprint density at radius 1 is 1.06 bits per heavy atom. The number of carbonyl (C=O) groups is 1. The first kappa shape index (κ1) is 26.6. The standard InChI is InChI=1S/C32H50O3/c1-5-7-8-9-10-11-12-13-14-29(34)35-28-18-17-27-31-23(6-2)19-24-20-25(33)15-16-26(24)30(31)22(3)21-32(27,28)4/h15-16,20,22-23,27-28,30-31,33H,5-14,17-19,21H2,1-4H3/t22-,23+,27?,28-,30?,31?,32-/m0/s1. The zero-order valence-corrected chi connectivity index (χ0v) is 22.9. The number of rotatable bonds is 11. The Hall–Kier alpha value is -1.51. The topological polar surface area (TPSA) is 46.5 Å². The van der Waals surface area contributed by atoms with Gasteiger partial charge >= 0.3 is 5.97 Å². The Bertz CT molecular complexity index is 847. The maximum Gasteiger partial charge on any atom is 0.306 e. The highest BCUT2D eigenvalue weighted by Crippen LogP contribution is 2.64. The van der Waals surface area contributed by atoms with E-state index in [4.69, 9.17) is 4.74 Å². The first-order valence-corrected chi connectivity index (χ1v) is 14.9. The van der Waals surface area contributed by atoms with Crippen molar-refractivity contribution in [2.45, 2.75) is 130 Å². The van der Waals surface area contributed by atoms with Crippen LogP contribution in [0.3, 0.4) is 0 Å². The summed E-state index contributed by atoms with van der Waals surface area (Å²) in [6.45, 7) is 9.45. The molecule has 3 nitrogen and oxygen atoms in total. The van der Waals surface area contributed by atoms with E-state index in [1.165, 1.54) is 62.5 Å². The average molecular weight is 483 g/mol. The fraction of sp³-hybridized carbons (Fsp3) is 0.781. The zero-order chi connectivity index (χ0) is 25.0. The summed E-state index contributed by atoms with van der Waals surface area (Å²) < 4.78 is 6.25. The summed E-state index contributed by atoms with van der Waals surface area (Å²) in [5, 5.41) is 10.1. The molecule has 0 aliphatic heterocycles. The van der Waals surface area contributed by atoms with Crippen LogP contribution in [0.25, 0.3) is 0 Å². The van der Waals surface area contributed by atoms with E-state index in [0.29, 0.717) is 41.8 Å². The molecular formula is C32H50O3. The van der Waals surface area contributed by atoms with Crippen molar-refractivity contribution in [3.63, 3.8) is 0 Å². The second kappa shape index (κ2) is 11.7. The minimum Gasteiger partial charge on any atom is -0.508 e. The molecule has 0 aromatic heterocycles. The first-order chi connectivity index (χ1) is 16.9. The molecule has 0 heterocycles. The molecule has 1 N–H and O–H groups in total. The number of aromatic hydroxyl groups is 1. The van der Waals surface area contributed by atoms with Gasteiger partial charge in [-0.25, -0.2) is 0 Å². The average Bonchev–Trinajstić information content (AvgIpc) is 3.14. The van der Waals surface area contributed by atoms with E-state index >= 15 is 0 Å². The maximum atomic E-state index is 12.8. The summed E-state index contributed by atoms with van der Waals surface area (Å²) in [6.07, 6.45) is 16.3. The van der Waals surface area contributed by atoms with Crippen molar-refractivity contribution < 1.29 is 14.6 Å². The molecule has 1 aromatic rings. The van der Waals surface area contributed by atoms with Gasteiger partial charge in [-0.15, -0.1) is 0 Å². The van der Waals surface area contributed by atoms with Gasteiger partial charge in [0.1, 0.15) is 11.9 Å². The predicted octanol–water partition coefficient (Wildman–Crippen LogP) is 8.57. The van der Waals surface area contributed by atoms with Crippen molar-refractivity contribution in [2.24, 2.45) is 29.1 Å². The lowest BCUT2D eigenvalue weighted by Gasteiger charge is -2.56. The maximum absolute atomic E-state index is 12.8. The van der Waals surface area contributed by atoms with Crippen molar-refractivity contribution in [1.82, 2.24) is 0 Å². The highest BCUT2D eigenvalue weighted by molar-refractivity contribution is 5.69. The monoisotopic (exact) mass is 482 g/mol. The molecule has 7 atom stereocenters. The van der Waals surface area contributed by atoms with Gasteiger partial charge < -0.3 is 9.84 Å². The minimum absolute atomic E-state index is 0.0362. The molecule has 0 saturated heterocycles. The molecule has 0 bridgehead atoms. The van der Waals surface area contributed by atoms with E-state index < -0.39 is 0 Å². The van der Waals surface area contributed by atoms with Gasteiger partial charge in [-0.1, -0.05) is 85.1 Å². The number of ether oxygens (including phenoxy) is 1. The van der Waals surface area contributed by atoms with Crippen LogP contribution in [0.1, 0.15) is 128 Å². The van der Waals surface area contributed by atoms with E-state index in [9.17, 15) is 9.90 Å². The Labute approximate surface area is 214 Å². The number of fused-ring (bicyclic) bond motifs is 5. The number of hydrogen-bond acceptors (Lipinski definition) is 3. The van der Waals surface area contributed by atoms with Gasteiger partial charge in [0.15, 0.2) is 0 Å². The van der Waals surface area contributed by atoms with Crippen molar-refractivity contribution in [1.29, 1.82) is 0 Å². The number of phenols is 1. The lowest BCUT2D eigenvalue weighted by molar-refractivity contribution is -0.159. The van der Waals surface area contributed by atoms with Crippen molar-refractivity contribution in [3.8, 4) is 5.75 Å². The second-order valence-corrected chi connectivity index (χ2v) is 12.4. The minimum atomic E-state index is 0.0362. The van der Waals surface area contributed by atoms with Crippen LogP contribution in [-0.4, -0.2) is 17.2 Å². The Balaban J connectivity index is 1.36. The van der Waals surface area contributed by atoms with Crippen molar-refractivity contribution in [3.05, 3.63) is 29.3 Å². The molecule has 2 saturated carbocycles. The van der Waals surface area contributed by atoms with Gasteiger partial charge in [-0.05, 0) is 85.0 Å². The number of unbranched alkanes of at least 4 members (excludes halogenated alkanes) is 7. The summed E-state index contributed by atoms with van der Waals surface area (Å²) in [6, 6.07) is 6.09. The van der Waals surface area contributed by atoms with Gasteiger partial charge in [0.05, 0.1) is 0 Å². The second-order valence-electron chi connectivity index (χ2n) is 12.4. The molecule has 4 rings (SSSR count).